The van der Waals surface area contributed by atoms with Gasteiger partial charge in [0.15, 0.2) is 0 Å². The van der Waals surface area contributed by atoms with Gasteiger partial charge in [-0.1, -0.05) is 18.2 Å². The molecule has 1 aromatic carbocycles. The molecule has 1 aliphatic rings. The van der Waals surface area contributed by atoms with Crippen LogP contribution in [0.25, 0.3) is 0 Å². The van der Waals surface area contributed by atoms with Crippen molar-refractivity contribution in [3.8, 4) is 0 Å². The molecule has 1 fully saturated rings. The number of carbonyl (C=O) groups is 1. The average Bonchev–Trinajstić information content (AvgIpc) is 2.62. The van der Waals surface area contributed by atoms with Crippen LogP contribution in [0.5, 0.6) is 0 Å². The molecule has 3 rings (SSSR count). The van der Waals surface area contributed by atoms with Crippen LogP contribution in [-0.2, 0) is 10.0 Å². The number of nitrogens with zero attached hydrogens (tertiary/aromatic N) is 3. The number of amides is 1. The number of hydrogen-bond acceptors (Lipinski definition) is 5. The third kappa shape index (κ3) is 3.47. The molecular formula is C16H18N4O4S. The minimum Gasteiger partial charge on any atom is -0.335 e. The van der Waals surface area contributed by atoms with Gasteiger partial charge in [0, 0.05) is 32.2 Å². The number of aryl methyl sites for hydroxylation is 1. The number of nitrogens with one attached hydrogen (secondary N) is 1. The smallest absolute Gasteiger partial charge is 0.274 e. The van der Waals surface area contributed by atoms with Gasteiger partial charge in [-0.15, -0.1) is 0 Å². The molecule has 9 heteroatoms. The number of piperazine rings is 1. The van der Waals surface area contributed by atoms with Gasteiger partial charge in [0.25, 0.3) is 11.5 Å². The molecule has 0 spiro atoms. The van der Waals surface area contributed by atoms with Crippen LogP contribution in [0.15, 0.2) is 46.1 Å². The summed E-state index contributed by atoms with van der Waals surface area (Å²) in [5, 5.41) is 5.94. The zero-order chi connectivity index (χ0) is 18.0. The number of aromatic nitrogens is 2. The largest absolute Gasteiger partial charge is 0.335 e. The molecule has 1 saturated heterocycles. The fraction of sp³-hybridized carbons (Fsp3) is 0.312. The van der Waals surface area contributed by atoms with Crippen LogP contribution in [0.1, 0.15) is 16.1 Å². The SMILES string of the molecule is Cc1ccccc1S(=O)(=O)N1CCN(C(=O)c2ccc(=O)[nH]n2)CC1. The van der Waals surface area contributed by atoms with E-state index in [-0.39, 0.29) is 48.2 Å². The van der Waals surface area contributed by atoms with Gasteiger partial charge < -0.3 is 4.90 Å². The molecule has 1 amide bonds. The second-order valence-electron chi connectivity index (χ2n) is 5.77. The van der Waals surface area contributed by atoms with E-state index >= 15 is 0 Å². The predicted octanol–water partition coefficient (Wildman–Crippen LogP) is 0.225. The second-order valence-corrected chi connectivity index (χ2v) is 7.67. The van der Waals surface area contributed by atoms with Crippen molar-refractivity contribution in [2.45, 2.75) is 11.8 Å². The highest BCUT2D eigenvalue weighted by Crippen LogP contribution is 2.21. The van der Waals surface area contributed by atoms with Crippen molar-refractivity contribution >= 4 is 15.9 Å². The van der Waals surface area contributed by atoms with E-state index in [1.807, 2.05) is 0 Å². The lowest BCUT2D eigenvalue weighted by molar-refractivity contribution is 0.0690. The van der Waals surface area contributed by atoms with Gasteiger partial charge in [-0.3, -0.25) is 9.59 Å². The molecule has 0 unspecified atom stereocenters. The molecule has 8 nitrogen and oxygen atoms in total. The normalized spacial score (nSPS) is 16.0. The van der Waals surface area contributed by atoms with Crippen molar-refractivity contribution in [2.24, 2.45) is 0 Å². The number of carbonyl (C=O) groups excluding carboxylic acids is 1. The summed E-state index contributed by atoms with van der Waals surface area (Å²) >= 11 is 0. The minimum absolute atomic E-state index is 0.134. The summed E-state index contributed by atoms with van der Waals surface area (Å²) < 4.78 is 26.9. The number of rotatable bonds is 3. The predicted molar refractivity (Wildman–Crippen MR) is 90.7 cm³/mol. The van der Waals surface area contributed by atoms with Crippen LogP contribution in [-0.4, -0.2) is 59.9 Å². The molecule has 1 N–H and O–H groups in total. The highest BCUT2D eigenvalue weighted by Gasteiger charge is 2.31. The third-order valence-electron chi connectivity index (χ3n) is 4.14. The van der Waals surface area contributed by atoms with E-state index in [1.54, 1.807) is 31.2 Å². The summed E-state index contributed by atoms with van der Waals surface area (Å²) in [4.78, 5) is 25.2. The van der Waals surface area contributed by atoms with Gasteiger partial charge in [-0.05, 0) is 24.6 Å². The molecule has 0 saturated carbocycles. The molecule has 1 aliphatic heterocycles. The van der Waals surface area contributed by atoms with Crippen LogP contribution < -0.4 is 5.56 Å². The van der Waals surface area contributed by atoms with Crippen molar-refractivity contribution in [2.75, 3.05) is 26.2 Å². The Hall–Kier alpha value is -2.52. The first-order valence-electron chi connectivity index (χ1n) is 7.80. The Labute approximate surface area is 145 Å². The van der Waals surface area contributed by atoms with E-state index in [1.165, 1.54) is 21.3 Å². The molecule has 1 aromatic heterocycles. The lowest BCUT2D eigenvalue weighted by atomic mass is 10.2. The topological polar surface area (TPSA) is 103 Å². The minimum atomic E-state index is -3.58. The van der Waals surface area contributed by atoms with E-state index < -0.39 is 10.0 Å². The number of H-pyrrole nitrogens is 1. The van der Waals surface area contributed by atoms with Crippen molar-refractivity contribution in [1.82, 2.24) is 19.4 Å². The molecule has 132 valence electrons. The number of aromatic amines is 1. The third-order valence-corrected chi connectivity index (χ3v) is 6.19. The lowest BCUT2D eigenvalue weighted by Gasteiger charge is -2.34. The monoisotopic (exact) mass is 362 g/mol. The highest BCUT2D eigenvalue weighted by molar-refractivity contribution is 7.89. The van der Waals surface area contributed by atoms with E-state index in [4.69, 9.17) is 0 Å². The first kappa shape index (κ1) is 17.3. The molecule has 0 bridgehead atoms. The Balaban J connectivity index is 1.71. The van der Waals surface area contributed by atoms with Crippen LogP contribution in [0.3, 0.4) is 0 Å². The van der Waals surface area contributed by atoms with E-state index in [0.29, 0.717) is 5.56 Å². The molecule has 25 heavy (non-hydrogen) atoms. The summed E-state index contributed by atoms with van der Waals surface area (Å²) in [6.07, 6.45) is 0. The molecule has 0 radical (unpaired) electrons. The van der Waals surface area contributed by atoms with Gasteiger partial charge in [0.05, 0.1) is 4.90 Å². The van der Waals surface area contributed by atoms with E-state index in [9.17, 15) is 18.0 Å². The maximum Gasteiger partial charge on any atom is 0.274 e. The highest BCUT2D eigenvalue weighted by atomic mass is 32.2. The van der Waals surface area contributed by atoms with E-state index in [0.717, 1.165) is 0 Å². The van der Waals surface area contributed by atoms with Crippen molar-refractivity contribution in [1.29, 1.82) is 0 Å². The van der Waals surface area contributed by atoms with E-state index in [2.05, 4.69) is 10.2 Å². The number of hydrogen-bond donors (Lipinski definition) is 1. The van der Waals surface area contributed by atoms with Crippen LogP contribution in [0.4, 0.5) is 0 Å². The lowest BCUT2D eigenvalue weighted by Crippen LogP contribution is -2.50. The van der Waals surface area contributed by atoms with Gasteiger partial charge >= 0.3 is 0 Å². The van der Waals surface area contributed by atoms with Crippen molar-refractivity contribution in [3.63, 3.8) is 0 Å². The molecule has 0 aliphatic carbocycles. The molecule has 2 heterocycles. The van der Waals surface area contributed by atoms with Crippen LogP contribution in [0, 0.1) is 6.92 Å². The maximum atomic E-state index is 12.8. The quantitative estimate of drug-likeness (QED) is 0.842. The second kappa shape index (κ2) is 6.77. The summed E-state index contributed by atoms with van der Waals surface area (Å²) in [5.41, 5.74) is 0.443. The van der Waals surface area contributed by atoms with Crippen molar-refractivity contribution in [3.05, 3.63) is 58.0 Å². The Morgan fingerprint density at radius 1 is 1.08 bits per heavy atom. The van der Waals surface area contributed by atoms with Crippen LogP contribution in [0.2, 0.25) is 0 Å². The van der Waals surface area contributed by atoms with Gasteiger partial charge in [0.2, 0.25) is 10.0 Å². The fourth-order valence-electron chi connectivity index (χ4n) is 2.74. The first-order chi connectivity index (χ1) is 11.9. The average molecular weight is 362 g/mol. The maximum absolute atomic E-state index is 12.8. The summed E-state index contributed by atoms with van der Waals surface area (Å²) in [5.74, 6) is -0.329. The Morgan fingerprint density at radius 3 is 2.36 bits per heavy atom. The van der Waals surface area contributed by atoms with Crippen LogP contribution >= 0.6 is 0 Å². The molecule has 0 atom stereocenters. The standard InChI is InChI=1S/C16H18N4O4S/c1-12-4-2-3-5-14(12)25(23,24)20-10-8-19(9-11-20)16(22)13-6-7-15(21)18-17-13/h2-7H,8-11H2,1H3,(H,18,21). The summed E-state index contributed by atoms with van der Waals surface area (Å²) in [6.45, 7) is 2.72. The Morgan fingerprint density at radius 2 is 1.76 bits per heavy atom. The number of sulfonamides is 1. The van der Waals surface area contributed by atoms with Gasteiger partial charge in [-0.25, -0.2) is 13.5 Å². The fourth-order valence-corrected chi connectivity index (χ4v) is 4.39. The number of benzene rings is 1. The van der Waals surface area contributed by atoms with Gasteiger partial charge in [0.1, 0.15) is 5.69 Å². The summed E-state index contributed by atoms with van der Waals surface area (Å²) in [6, 6.07) is 9.43. The molecular weight excluding hydrogens is 344 g/mol. The Bertz CT molecular complexity index is 926. The Kier molecular flexibility index (Phi) is 4.69. The summed E-state index contributed by atoms with van der Waals surface area (Å²) in [7, 11) is -3.58. The molecule has 2 aromatic rings. The van der Waals surface area contributed by atoms with Crippen molar-refractivity contribution < 1.29 is 13.2 Å². The zero-order valence-electron chi connectivity index (χ0n) is 13.7. The van der Waals surface area contributed by atoms with Gasteiger partial charge in [-0.2, -0.15) is 9.40 Å². The first-order valence-corrected chi connectivity index (χ1v) is 9.24. The zero-order valence-corrected chi connectivity index (χ0v) is 14.5.